The lowest BCUT2D eigenvalue weighted by Gasteiger charge is -2.37. The van der Waals surface area contributed by atoms with Gasteiger partial charge in [0.1, 0.15) is 5.54 Å². The molecular formula is C12H19N3O2. The number of fused-ring (bicyclic) bond motifs is 1. The van der Waals surface area contributed by atoms with Gasteiger partial charge in [-0.3, -0.25) is 14.9 Å². The molecule has 5 heteroatoms. The SMILES string of the molecule is CC(=O)C1CCNC2CC3(CCCN3)C(=O)N21. The summed E-state index contributed by atoms with van der Waals surface area (Å²) in [4.78, 5) is 26.0. The molecule has 3 aliphatic heterocycles. The smallest absolute Gasteiger partial charge is 0.244 e. The minimum atomic E-state index is -0.379. The van der Waals surface area contributed by atoms with E-state index in [-0.39, 0.29) is 29.4 Å². The molecule has 0 aromatic heterocycles. The lowest BCUT2D eigenvalue weighted by atomic mass is 9.95. The maximum absolute atomic E-state index is 12.5. The molecule has 3 aliphatic rings. The van der Waals surface area contributed by atoms with Crippen LogP contribution in [0.15, 0.2) is 0 Å². The molecule has 0 bridgehead atoms. The molecule has 94 valence electrons. The van der Waals surface area contributed by atoms with E-state index in [2.05, 4.69) is 10.6 Å². The molecule has 3 saturated heterocycles. The third kappa shape index (κ3) is 1.52. The number of hydrogen-bond donors (Lipinski definition) is 2. The van der Waals surface area contributed by atoms with Crippen molar-refractivity contribution in [3.8, 4) is 0 Å². The standard InChI is InChI=1S/C12H19N3O2/c1-8(16)9-3-6-13-10-7-12(4-2-5-14-12)11(17)15(9)10/h9-10,13-14H,2-7H2,1H3. The van der Waals surface area contributed by atoms with Gasteiger partial charge in [0.2, 0.25) is 5.91 Å². The summed E-state index contributed by atoms with van der Waals surface area (Å²) < 4.78 is 0. The van der Waals surface area contributed by atoms with Crippen LogP contribution in [0.1, 0.15) is 32.6 Å². The van der Waals surface area contributed by atoms with Crippen LogP contribution < -0.4 is 10.6 Å². The van der Waals surface area contributed by atoms with Crippen molar-refractivity contribution in [2.45, 2.75) is 50.4 Å². The van der Waals surface area contributed by atoms with Crippen molar-refractivity contribution in [2.75, 3.05) is 13.1 Å². The number of carbonyl (C=O) groups excluding carboxylic acids is 2. The van der Waals surface area contributed by atoms with Gasteiger partial charge in [-0.2, -0.15) is 0 Å². The van der Waals surface area contributed by atoms with Crippen LogP contribution >= 0.6 is 0 Å². The summed E-state index contributed by atoms with van der Waals surface area (Å²) in [5, 5.41) is 6.72. The molecule has 3 atom stereocenters. The molecule has 3 unspecified atom stereocenters. The summed E-state index contributed by atoms with van der Waals surface area (Å²) in [6.07, 6.45) is 3.56. The average Bonchev–Trinajstić information content (AvgIpc) is 2.87. The molecule has 0 aromatic rings. The second-order valence-corrected chi connectivity index (χ2v) is 5.41. The first kappa shape index (κ1) is 11.2. The Labute approximate surface area is 101 Å². The predicted octanol–water partition coefficient (Wildman–Crippen LogP) is -0.382. The van der Waals surface area contributed by atoms with Gasteiger partial charge in [0.05, 0.1) is 12.2 Å². The second-order valence-electron chi connectivity index (χ2n) is 5.41. The fraction of sp³-hybridized carbons (Fsp3) is 0.833. The number of hydrogen-bond acceptors (Lipinski definition) is 4. The maximum atomic E-state index is 12.5. The zero-order valence-electron chi connectivity index (χ0n) is 10.2. The summed E-state index contributed by atoms with van der Waals surface area (Å²) in [5.74, 6) is 0.243. The molecule has 3 rings (SSSR count). The Morgan fingerprint density at radius 3 is 2.94 bits per heavy atom. The van der Waals surface area contributed by atoms with Gasteiger partial charge in [-0.05, 0) is 39.3 Å². The number of nitrogens with zero attached hydrogens (tertiary/aromatic N) is 1. The number of ketones is 1. The van der Waals surface area contributed by atoms with Crippen LogP contribution in [0.3, 0.4) is 0 Å². The van der Waals surface area contributed by atoms with Gasteiger partial charge in [-0.25, -0.2) is 0 Å². The summed E-state index contributed by atoms with van der Waals surface area (Å²) >= 11 is 0. The number of carbonyl (C=O) groups is 2. The van der Waals surface area contributed by atoms with Crippen LogP contribution in [0.25, 0.3) is 0 Å². The molecule has 2 N–H and O–H groups in total. The fourth-order valence-electron chi connectivity index (χ4n) is 3.52. The highest BCUT2D eigenvalue weighted by molar-refractivity contribution is 5.94. The lowest BCUT2D eigenvalue weighted by Crippen LogP contribution is -2.58. The highest BCUT2D eigenvalue weighted by Gasteiger charge is 2.56. The summed E-state index contributed by atoms with van der Waals surface area (Å²) in [5.41, 5.74) is -0.379. The van der Waals surface area contributed by atoms with Crippen LogP contribution in [0, 0.1) is 0 Å². The van der Waals surface area contributed by atoms with Gasteiger partial charge in [0.25, 0.3) is 0 Å². The molecule has 0 aromatic carbocycles. The van der Waals surface area contributed by atoms with Gasteiger partial charge in [0.15, 0.2) is 5.78 Å². The van der Waals surface area contributed by atoms with E-state index >= 15 is 0 Å². The summed E-state index contributed by atoms with van der Waals surface area (Å²) in [7, 11) is 0. The topological polar surface area (TPSA) is 61.4 Å². The summed E-state index contributed by atoms with van der Waals surface area (Å²) in [6, 6.07) is -0.212. The molecule has 3 heterocycles. The minimum absolute atomic E-state index is 0.0516. The molecule has 5 nitrogen and oxygen atoms in total. The van der Waals surface area contributed by atoms with E-state index in [0.29, 0.717) is 0 Å². The Kier molecular flexibility index (Phi) is 2.48. The Morgan fingerprint density at radius 1 is 1.47 bits per heavy atom. The molecule has 0 radical (unpaired) electrons. The van der Waals surface area contributed by atoms with Crippen molar-refractivity contribution in [3.63, 3.8) is 0 Å². The molecule has 1 amide bonds. The minimum Gasteiger partial charge on any atom is -0.315 e. The number of amides is 1. The van der Waals surface area contributed by atoms with Crippen molar-refractivity contribution in [1.82, 2.24) is 15.5 Å². The van der Waals surface area contributed by atoms with Gasteiger partial charge in [-0.15, -0.1) is 0 Å². The van der Waals surface area contributed by atoms with Gasteiger partial charge in [0, 0.05) is 6.42 Å². The Balaban J connectivity index is 1.90. The number of rotatable bonds is 1. The monoisotopic (exact) mass is 237 g/mol. The highest BCUT2D eigenvalue weighted by Crippen LogP contribution is 2.37. The molecule has 3 fully saturated rings. The van der Waals surface area contributed by atoms with Crippen molar-refractivity contribution in [2.24, 2.45) is 0 Å². The van der Waals surface area contributed by atoms with Gasteiger partial charge in [-0.1, -0.05) is 0 Å². The first-order chi connectivity index (χ1) is 8.14. The van der Waals surface area contributed by atoms with E-state index in [0.717, 1.165) is 38.8 Å². The number of nitrogens with one attached hydrogen (secondary N) is 2. The Morgan fingerprint density at radius 2 is 2.29 bits per heavy atom. The van der Waals surface area contributed by atoms with E-state index in [1.54, 1.807) is 11.8 Å². The van der Waals surface area contributed by atoms with Crippen molar-refractivity contribution >= 4 is 11.7 Å². The van der Waals surface area contributed by atoms with E-state index in [1.165, 1.54) is 0 Å². The first-order valence-corrected chi connectivity index (χ1v) is 6.46. The summed E-state index contributed by atoms with van der Waals surface area (Å²) in [6.45, 7) is 3.33. The van der Waals surface area contributed by atoms with E-state index in [9.17, 15) is 9.59 Å². The maximum Gasteiger partial charge on any atom is 0.244 e. The van der Waals surface area contributed by atoms with Crippen LogP contribution in [-0.4, -0.2) is 47.4 Å². The predicted molar refractivity (Wildman–Crippen MR) is 62.3 cm³/mol. The first-order valence-electron chi connectivity index (χ1n) is 6.46. The van der Waals surface area contributed by atoms with Crippen LogP contribution in [-0.2, 0) is 9.59 Å². The van der Waals surface area contributed by atoms with Gasteiger partial charge < -0.3 is 10.2 Å². The average molecular weight is 237 g/mol. The number of Topliss-reactive ketones (excluding diaryl/α,β-unsaturated/α-hetero) is 1. The van der Waals surface area contributed by atoms with E-state index in [1.807, 2.05) is 0 Å². The van der Waals surface area contributed by atoms with Crippen molar-refractivity contribution in [3.05, 3.63) is 0 Å². The van der Waals surface area contributed by atoms with E-state index in [4.69, 9.17) is 0 Å². The largest absolute Gasteiger partial charge is 0.315 e. The third-order valence-electron chi connectivity index (χ3n) is 4.37. The zero-order valence-corrected chi connectivity index (χ0v) is 10.2. The molecular weight excluding hydrogens is 218 g/mol. The quantitative estimate of drug-likeness (QED) is 0.652. The molecule has 1 spiro atoms. The fourth-order valence-corrected chi connectivity index (χ4v) is 3.52. The van der Waals surface area contributed by atoms with Crippen LogP contribution in [0.5, 0.6) is 0 Å². The zero-order chi connectivity index (χ0) is 12.0. The lowest BCUT2D eigenvalue weighted by molar-refractivity contribution is -0.142. The Hall–Kier alpha value is -0.940. The normalized spacial score (nSPS) is 41.0. The molecule has 0 saturated carbocycles. The molecule has 17 heavy (non-hydrogen) atoms. The third-order valence-corrected chi connectivity index (χ3v) is 4.37. The molecule has 0 aliphatic carbocycles. The van der Waals surface area contributed by atoms with E-state index < -0.39 is 0 Å². The highest BCUT2D eigenvalue weighted by atomic mass is 16.2. The van der Waals surface area contributed by atoms with Crippen molar-refractivity contribution in [1.29, 1.82) is 0 Å². The Bertz CT molecular complexity index is 363. The van der Waals surface area contributed by atoms with Gasteiger partial charge >= 0.3 is 0 Å². The van der Waals surface area contributed by atoms with Crippen molar-refractivity contribution < 1.29 is 9.59 Å². The second kappa shape index (κ2) is 3.78. The van der Waals surface area contributed by atoms with Crippen LogP contribution in [0.4, 0.5) is 0 Å². The van der Waals surface area contributed by atoms with Crippen LogP contribution in [0.2, 0.25) is 0 Å².